The number of aryl methyl sites for hydroxylation is 1. The first kappa shape index (κ1) is 11.0. The Morgan fingerprint density at radius 1 is 1.50 bits per heavy atom. The van der Waals surface area contributed by atoms with E-state index in [-0.39, 0.29) is 6.04 Å². The summed E-state index contributed by atoms with van der Waals surface area (Å²) in [4.78, 5) is 2.04. The van der Waals surface area contributed by atoms with E-state index in [2.05, 4.69) is 18.1 Å². The summed E-state index contributed by atoms with van der Waals surface area (Å²) in [6, 6.07) is 6.34. The molecular formula is C12H17N3O. The number of anilines is 1. The van der Waals surface area contributed by atoms with Crippen molar-refractivity contribution in [2.24, 2.45) is 5.73 Å². The van der Waals surface area contributed by atoms with Gasteiger partial charge in [-0.25, -0.2) is 0 Å². The van der Waals surface area contributed by atoms with Gasteiger partial charge in [-0.1, -0.05) is 11.2 Å². The number of nitrogens with zero attached hydrogens (tertiary/aromatic N) is 2. The summed E-state index contributed by atoms with van der Waals surface area (Å²) >= 11 is 0. The van der Waals surface area contributed by atoms with Gasteiger partial charge in [-0.2, -0.15) is 0 Å². The van der Waals surface area contributed by atoms with Crippen molar-refractivity contribution in [2.75, 3.05) is 18.5 Å². The largest absolute Gasteiger partial charge is 0.354 e. The maximum Gasteiger partial charge on any atom is 0.179 e. The average molecular weight is 219 g/mol. The minimum absolute atomic E-state index is 0.245. The first-order valence-electron chi connectivity index (χ1n) is 5.42. The Morgan fingerprint density at radius 3 is 2.94 bits per heavy atom. The van der Waals surface area contributed by atoms with E-state index in [1.807, 2.05) is 31.0 Å². The van der Waals surface area contributed by atoms with E-state index < -0.39 is 0 Å². The SMILES string of the molecule is Cc1ccc2c(N(C)C(C)CN)noc2c1. The number of aromatic nitrogens is 1. The highest BCUT2D eigenvalue weighted by Crippen LogP contribution is 2.26. The van der Waals surface area contributed by atoms with Crippen LogP contribution < -0.4 is 10.6 Å². The van der Waals surface area contributed by atoms with Crippen molar-refractivity contribution in [1.82, 2.24) is 5.16 Å². The molecule has 0 fully saturated rings. The summed E-state index contributed by atoms with van der Waals surface area (Å²) in [5.74, 6) is 0.855. The van der Waals surface area contributed by atoms with E-state index in [1.165, 1.54) is 5.56 Å². The molecule has 0 amide bonds. The predicted octanol–water partition coefficient (Wildman–Crippen LogP) is 1.92. The van der Waals surface area contributed by atoms with Gasteiger partial charge in [0.05, 0.1) is 5.39 Å². The normalized spacial score (nSPS) is 13.0. The summed E-state index contributed by atoms with van der Waals surface area (Å²) in [5, 5.41) is 5.14. The fourth-order valence-electron chi connectivity index (χ4n) is 1.65. The fourth-order valence-corrected chi connectivity index (χ4v) is 1.65. The van der Waals surface area contributed by atoms with E-state index in [0.717, 1.165) is 16.8 Å². The molecule has 0 aliphatic carbocycles. The summed E-state index contributed by atoms with van der Waals surface area (Å²) in [7, 11) is 1.98. The molecule has 1 unspecified atom stereocenters. The number of rotatable bonds is 3. The number of nitrogens with two attached hydrogens (primary N) is 1. The number of fused-ring (bicyclic) bond motifs is 1. The lowest BCUT2D eigenvalue weighted by Gasteiger charge is -2.22. The molecule has 1 heterocycles. The van der Waals surface area contributed by atoms with Crippen LogP contribution >= 0.6 is 0 Å². The zero-order valence-corrected chi connectivity index (χ0v) is 9.90. The number of benzene rings is 1. The van der Waals surface area contributed by atoms with Crippen molar-refractivity contribution in [3.05, 3.63) is 23.8 Å². The third kappa shape index (κ3) is 1.76. The lowest BCUT2D eigenvalue weighted by atomic mass is 10.2. The Bertz CT molecular complexity index is 492. The Kier molecular flexibility index (Phi) is 2.83. The Morgan fingerprint density at radius 2 is 2.25 bits per heavy atom. The zero-order valence-electron chi connectivity index (χ0n) is 9.90. The van der Waals surface area contributed by atoms with Gasteiger partial charge >= 0.3 is 0 Å². The van der Waals surface area contributed by atoms with Crippen LogP contribution in [0.25, 0.3) is 11.0 Å². The Labute approximate surface area is 95.0 Å². The minimum atomic E-state index is 0.245. The zero-order chi connectivity index (χ0) is 11.7. The Hall–Kier alpha value is -1.55. The van der Waals surface area contributed by atoms with Crippen molar-refractivity contribution in [3.63, 3.8) is 0 Å². The topological polar surface area (TPSA) is 55.3 Å². The van der Waals surface area contributed by atoms with Crippen molar-refractivity contribution in [1.29, 1.82) is 0 Å². The minimum Gasteiger partial charge on any atom is -0.354 e. The quantitative estimate of drug-likeness (QED) is 0.856. The van der Waals surface area contributed by atoms with Crippen molar-refractivity contribution in [3.8, 4) is 0 Å². The van der Waals surface area contributed by atoms with Gasteiger partial charge in [0.1, 0.15) is 0 Å². The van der Waals surface area contributed by atoms with Crippen LogP contribution in [0.4, 0.5) is 5.82 Å². The first-order valence-corrected chi connectivity index (χ1v) is 5.42. The molecule has 4 heteroatoms. The van der Waals surface area contributed by atoms with Crippen LogP contribution in [0.3, 0.4) is 0 Å². The van der Waals surface area contributed by atoms with E-state index >= 15 is 0 Å². The van der Waals surface area contributed by atoms with Crippen molar-refractivity contribution < 1.29 is 4.52 Å². The molecule has 2 aromatic rings. The van der Waals surface area contributed by atoms with Crippen LogP contribution in [0, 0.1) is 6.92 Å². The number of hydrogen-bond acceptors (Lipinski definition) is 4. The second-order valence-corrected chi connectivity index (χ2v) is 4.20. The molecule has 1 aromatic carbocycles. The van der Waals surface area contributed by atoms with Crippen LogP contribution in [0.15, 0.2) is 22.7 Å². The van der Waals surface area contributed by atoms with E-state index in [0.29, 0.717) is 6.54 Å². The predicted molar refractivity (Wildman–Crippen MR) is 65.7 cm³/mol. The number of hydrogen-bond donors (Lipinski definition) is 1. The second kappa shape index (κ2) is 4.14. The van der Waals surface area contributed by atoms with Crippen LogP contribution in [0.1, 0.15) is 12.5 Å². The van der Waals surface area contributed by atoms with Crippen molar-refractivity contribution >= 4 is 16.8 Å². The standard InChI is InChI=1S/C12H17N3O/c1-8-4-5-10-11(6-8)16-14-12(10)15(3)9(2)7-13/h4-6,9H,7,13H2,1-3H3. The summed E-state index contributed by atoms with van der Waals surface area (Å²) in [5.41, 5.74) is 7.64. The molecule has 0 saturated carbocycles. The average Bonchev–Trinajstić information content (AvgIpc) is 2.69. The maximum absolute atomic E-state index is 5.65. The molecule has 0 radical (unpaired) electrons. The lowest BCUT2D eigenvalue weighted by Crippen LogP contribution is -2.35. The molecule has 1 atom stereocenters. The highest BCUT2D eigenvalue weighted by Gasteiger charge is 2.15. The summed E-state index contributed by atoms with van der Waals surface area (Å²) in [6.07, 6.45) is 0. The fraction of sp³-hybridized carbons (Fsp3) is 0.417. The lowest BCUT2D eigenvalue weighted by molar-refractivity contribution is 0.453. The molecule has 0 saturated heterocycles. The molecule has 0 spiro atoms. The van der Waals surface area contributed by atoms with Crippen LogP contribution in [0.5, 0.6) is 0 Å². The Balaban J connectivity index is 2.45. The first-order chi connectivity index (χ1) is 7.63. The van der Waals surface area contributed by atoms with Gasteiger partial charge in [0.2, 0.25) is 0 Å². The van der Waals surface area contributed by atoms with E-state index in [9.17, 15) is 0 Å². The monoisotopic (exact) mass is 219 g/mol. The molecule has 0 aliphatic rings. The number of likely N-dealkylation sites (N-methyl/N-ethyl adjacent to an activating group) is 1. The second-order valence-electron chi connectivity index (χ2n) is 4.20. The van der Waals surface area contributed by atoms with Gasteiger partial charge < -0.3 is 15.2 Å². The summed E-state index contributed by atoms with van der Waals surface area (Å²) in [6.45, 7) is 4.69. The van der Waals surface area contributed by atoms with Crippen LogP contribution in [-0.2, 0) is 0 Å². The molecule has 1 aromatic heterocycles. The van der Waals surface area contributed by atoms with Crippen LogP contribution in [-0.4, -0.2) is 24.8 Å². The highest BCUT2D eigenvalue weighted by atomic mass is 16.5. The molecule has 2 N–H and O–H groups in total. The molecule has 86 valence electrons. The van der Waals surface area contributed by atoms with Gasteiger partial charge in [-0.3, -0.25) is 0 Å². The maximum atomic E-state index is 5.65. The molecule has 4 nitrogen and oxygen atoms in total. The van der Waals surface area contributed by atoms with E-state index in [1.54, 1.807) is 0 Å². The highest BCUT2D eigenvalue weighted by molar-refractivity contribution is 5.88. The van der Waals surface area contributed by atoms with Crippen molar-refractivity contribution in [2.45, 2.75) is 19.9 Å². The molecule has 0 bridgehead atoms. The smallest absolute Gasteiger partial charge is 0.179 e. The van der Waals surface area contributed by atoms with Gasteiger partial charge in [0.25, 0.3) is 0 Å². The van der Waals surface area contributed by atoms with Gasteiger partial charge in [0.15, 0.2) is 11.4 Å². The van der Waals surface area contributed by atoms with Crippen LogP contribution in [0.2, 0.25) is 0 Å². The van der Waals surface area contributed by atoms with E-state index in [4.69, 9.17) is 10.3 Å². The summed E-state index contributed by atoms with van der Waals surface area (Å²) < 4.78 is 5.31. The molecule has 16 heavy (non-hydrogen) atoms. The van der Waals surface area contributed by atoms with Gasteiger partial charge in [-0.15, -0.1) is 0 Å². The third-order valence-electron chi connectivity index (χ3n) is 2.94. The van der Waals surface area contributed by atoms with Gasteiger partial charge in [-0.05, 0) is 31.5 Å². The molecule has 0 aliphatic heterocycles. The third-order valence-corrected chi connectivity index (χ3v) is 2.94. The molecule has 2 rings (SSSR count). The molecular weight excluding hydrogens is 202 g/mol. The van der Waals surface area contributed by atoms with Gasteiger partial charge in [0, 0.05) is 19.6 Å².